The van der Waals surface area contributed by atoms with Gasteiger partial charge in [0.25, 0.3) is 0 Å². The standard InChI is InChI=1S/C51H34N4O/c1-51(2)43-20-12-11-18-38(43)39-27-26-36(30-44(39)51)49-54-47(32-13-5-3-6-14-32)53-48(55-49)33-23-21-31(22-24-33)35-25-28-41-42(29-35)37-17-9-10-19-40(37)45-46(41)56-50(52-45)34-15-7-4-8-16-34/h3-30H,1-2H3. The van der Waals surface area contributed by atoms with Gasteiger partial charge in [0, 0.05) is 38.4 Å². The molecule has 1 aliphatic rings. The summed E-state index contributed by atoms with van der Waals surface area (Å²) in [6, 6.07) is 59.1. The van der Waals surface area contributed by atoms with Crippen molar-refractivity contribution in [3.8, 4) is 67.9 Å². The van der Waals surface area contributed by atoms with Crippen LogP contribution in [0, 0.1) is 0 Å². The molecule has 264 valence electrons. The lowest BCUT2D eigenvalue weighted by molar-refractivity contribution is 0.623. The second kappa shape index (κ2) is 12.4. The van der Waals surface area contributed by atoms with Crippen molar-refractivity contribution in [3.05, 3.63) is 181 Å². The summed E-state index contributed by atoms with van der Waals surface area (Å²) in [7, 11) is 0. The Morgan fingerprint density at radius 1 is 0.375 bits per heavy atom. The zero-order valence-corrected chi connectivity index (χ0v) is 30.9. The van der Waals surface area contributed by atoms with Crippen LogP contribution in [-0.2, 0) is 5.41 Å². The quantitative estimate of drug-likeness (QED) is 0.166. The highest BCUT2D eigenvalue weighted by molar-refractivity contribution is 6.23. The zero-order valence-electron chi connectivity index (χ0n) is 30.9. The molecule has 0 aliphatic heterocycles. The van der Waals surface area contributed by atoms with E-state index in [9.17, 15) is 0 Å². The first-order valence-electron chi connectivity index (χ1n) is 19.0. The molecule has 8 aromatic carbocycles. The van der Waals surface area contributed by atoms with E-state index < -0.39 is 0 Å². The molecule has 0 saturated heterocycles. The summed E-state index contributed by atoms with van der Waals surface area (Å²) in [4.78, 5) is 20.2. The van der Waals surface area contributed by atoms with Gasteiger partial charge in [-0.25, -0.2) is 19.9 Å². The van der Waals surface area contributed by atoms with Crippen molar-refractivity contribution in [2.24, 2.45) is 0 Å². The van der Waals surface area contributed by atoms with Crippen LogP contribution in [-0.4, -0.2) is 19.9 Å². The normalized spacial score (nSPS) is 13.0. The van der Waals surface area contributed by atoms with E-state index in [1.54, 1.807) is 0 Å². The maximum atomic E-state index is 6.49. The van der Waals surface area contributed by atoms with Crippen LogP contribution in [0.5, 0.6) is 0 Å². The Bertz CT molecular complexity index is 3150. The second-order valence-corrected chi connectivity index (χ2v) is 15.0. The van der Waals surface area contributed by atoms with E-state index >= 15 is 0 Å². The summed E-state index contributed by atoms with van der Waals surface area (Å²) in [6.07, 6.45) is 0. The number of hydrogen-bond acceptors (Lipinski definition) is 5. The van der Waals surface area contributed by atoms with Gasteiger partial charge in [-0.1, -0.05) is 153 Å². The number of benzene rings is 8. The smallest absolute Gasteiger partial charge is 0.227 e. The van der Waals surface area contributed by atoms with E-state index in [1.165, 1.54) is 22.3 Å². The maximum Gasteiger partial charge on any atom is 0.227 e. The number of nitrogens with zero attached hydrogens (tertiary/aromatic N) is 4. The third kappa shape index (κ3) is 5.09. The molecule has 56 heavy (non-hydrogen) atoms. The Labute approximate surface area is 324 Å². The van der Waals surface area contributed by atoms with Crippen LogP contribution in [0.2, 0.25) is 0 Å². The fourth-order valence-electron chi connectivity index (χ4n) is 8.46. The molecule has 11 rings (SSSR count). The van der Waals surface area contributed by atoms with Gasteiger partial charge in [0.2, 0.25) is 5.89 Å². The Hall–Kier alpha value is -7.24. The van der Waals surface area contributed by atoms with Gasteiger partial charge in [-0.3, -0.25) is 0 Å². The lowest BCUT2D eigenvalue weighted by atomic mass is 9.82. The van der Waals surface area contributed by atoms with Crippen molar-refractivity contribution < 1.29 is 4.42 Å². The van der Waals surface area contributed by atoms with Crippen LogP contribution >= 0.6 is 0 Å². The average Bonchev–Trinajstić information content (AvgIpc) is 3.82. The molecule has 0 N–H and O–H groups in total. The predicted molar refractivity (Wildman–Crippen MR) is 227 cm³/mol. The second-order valence-electron chi connectivity index (χ2n) is 15.0. The van der Waals surface area contributed by atoms with E-state index in [2.05, 4.69) is 123 Å². The minimum Gasteiger partial charge on any atom is -0.435 e. The third-order valence-corrected chi connectivity index (χ3v) is 11.4. The molecular formula is C51H34N4O. The molecule has 5 heteroatoms. The fourth-order valence-corrected chi connectivity index (χ4v) is 8.46. The molecule has 2 aromatic heterocycles. The topological polar surface area (TPSA) is 64.7 Å². The first-order chi connectivity index (χ1) is 27.5. The minimum absolute atomic E-state index is 0.128. The lowest BCUT2D eigenvalue weighted by Gasteiger charge is -2.21. The SMILES string of the molecule is CC1(C)c2ccccc2-c2ccc(-c3nc(-c4ccccc4)nc(-c4ccc(-c5ccc6c(c5)c5ccccc5c5nc(-c7ccccc7)oc65)cc4)n3)cc21. The summed E-state index contributed by atoms with van der Waals surface area (Å²) in [5, 5.41) is 4.38. The summed E-state index contributed by atoms with van der Waals surface area (Å²) in [5.41, 5.74) is 12.8. The van der Waals surface area contributed by atoms with Crippen molar-refractivity contribution in [2.45, 2.75) is 19.3 Å². The molecule has 2 heterocycles. The number of oxazole rings is 1. The summed E-state index contributed by atoms with van der Waals surface area (Å²) in [5.74, 6) is 2.56. The van der Waals surface area contributed by atoms with Crippen LogP contribution in [0.15, 0.2) is 174 Å². The molecule has 0 unspecified atom stereocenters. The van der Waals surface area contributed by atoms with E-state index in [0.29, 0.717) is 23.4 Å². The number of hydrogen-bond donors (Lipinski definition) is 0. The number of rotatable bonds is 5. The highest BCUT2D eigenvalue weighted by Crippen LogP contribution is 2.49. The molecule has 0 atom stereocenters. The van der Waals surface area contributed by atoms with Gasteiger partial charge in [-0.15, -0.1) is 0 Å². The molecule has 0 bridgehead atoms. The Kier molecular flexibility index (Phi) is 7.13. The van der Waals surface area contributed by atoms with Crippen molar-refractivity contribution in [1.29, 1.82) is 0 Å². The van der Waals surface area contributed by atoms with Crippen LogP contribution in [0.3, 0.4) is 0 Å². The fraction of sp³-hybridized carbons (Fsp3) is 0.0588. The average molecular weight is 719 g/mol. The largest absolute Gasteiger partial charge is 0.435 e. The molecule has 0 spiro atoms. The van der Waals surface area contributed by atoms with Crippen molar-refractivity contribution in [2.75, 3.05) is 0 Å². The van der Waals surface area contributed by atoms with Crippen molar-refractivity contribution in [3.63, 3.8) is 0 Å². The molecule has 0 fully saturated rings. The molecule has 0 saturated carbocycles. The van der Waals surface area contributed by atoms with Gasteiger partial charge in [0.05, 0.1) is 0 Å². The first-order valence-corrected chi connectivity index (χ1v) is 19.0. The highest BCUT2D eigenvalue weighted by atomic mass is 16.3. The van der Waals surface area contributed by atoms with Gasteiger partial charge in [-0.2, -0.15) is 0 Å². The predicted octanol–water partition coefficient (Wildman–Crippen LogP) is 13.0. The van der Waals surface area contributed by atoms with Gasteiger partial charge in [0.15, 0.2) is 23.1 Å². The highest BCUT2D eigenvalue weighted by Gasteiger charge is 2.35. The van der Waals surface area contributed by atoms with Crippen LogP contribution < -0.4 is 0 Å². The van der Waals surface area contributed by atoms with Crippen molar-refractivity contribution >= 4 is 32.6 Å². The minimum atomic E-state index is -0.128. The van der Waals surface area contributed by atoms with E-state index in [-0.39, 0.29) is 5.41 Å². The molecule has 0 radical (unpaired) electrons. The molecule has 1 aliphatic carbocycles. The van der Waals surface area contributed by atoms with Gasteiger partial charge in [-0.05, 0) is 74.5 Å². The lowest BCUT2D eigenvalue weighted by Crippen LogP contribution is -2.15. The maximum absolute atomic E-state index is 6.49. The number of fused-ring (bicyclic) bond motifs is 9. The third-order valence-electron chi connectivity index (χ3n) is 11.4. The van der Waals surface area contributed by atoms with Crippen LogP contribution in [0.25, 0.3) is 101 Å². The Morgan fingerprint density at radius 2 is 0.929 bits per heavy atom. The van der Waals surface area contributed by atoms with E-state index in [4.69, 9.17) is 24.4 Å². The van der Waals surface area contributed by atoms with Crippen molar-refractivity contribution in [1.82, 2.24) is 19.9 Å². The first kappa shape index (κ1) is 32.2. The zero-order chi connectivity index (χ0) is 37.4. The van der Waals surface area contributed by atoms with Gasteiger partial charge in [0.1, 0.15) is 5.52 Å². The molecular weight excluding hydrogens is 685 g/mol. The monoisotopic (exact) mass is 718 g/mol. The molecule has 5 nitrogen and oxygen atoms in total. The molecule has 10 aromatic rings. The van der Waals surface area contributed by atoms with Gasteiger partial charge >= 0.3 is 0 Å². The van der Waals surface area contributed by atoms with Gasteiger partial charge < -0.3 is 4.42 Å². The van der Waals surface area contributed by atoms with E-state index in [1.807, 2.05) is 60.7 Å². The molecule has 0 amide bonds. The van der Waals surface area contributed by atoms with E-state index in [0.717, 1.165) is 66.0 Å². The summed E-state index contributed by atoms with van der Waals surface area (Å²) in [6.45, 7) is 4.59. The Morgan fingerprint density at radius 3 is 1.68 bits per heavy atom. The van der Waals surface area contributed by atoms with Crippen LogP contribution in [0.1, 0.15) is 25.0 Å². The summed E-state index contributed by atoms with van der Waals surface area (Å²) < 4.78 is 6.49. The summed E-state index contributed by atoms with van der Waals surface area (Å²) >= 11 is 0. The Balaban J connectivity index is 0.998. The van der Waals surface area contributed by atoms with Crippen LogP contribution in [0.4, 0.5) is 0 Å². The number of aromatic nitrogens is 4.